The van der Waals surface area contributed by atoms with E-state index >= 15 is 0 Å². The van der Waals surface area contributed by atoms with E-state index in [4.69, 9.17) is 13.8 Å². The van der Waals surface area contributed by atoms with Crippen LogP contribution in [0.15, 0.2) is 154 Å². The maximum atomic E-state index is 6.59. The van der Waals surface area contributed by atoms with Crippen molar-refractivity contribution in [1.29, 1.82) is 0 Å². The highest BCUT2D eigenvalue weighted by Crippen LogP contribution is 2.52. The quantitative estimate of drug-likeness (QED) is 0.186. The molecular weight excluding hydrogens is 645 g/mol. The van der Waals surface area contributed by atoms with Gasteiger partial charge in [0, 0.05) is 54.0 Å². The molecule has 0 atom stereocenters. The molecule has 0 radical (unpaired) electrons. The van der Waals surface area contributed by atoms with Crippen molar-refractivity contribution < 1.29 is 8.83 Å². The first kappa shape index (κ1) is 28.6. The van der Waals surface area contributed by atoms with E-state index in [1.807, 2.05) is 47.7 Å². The minimum absolute atomic E-state index is 0.0772. The van der Waals surface area contributed by atoms with Gasteiger partial charge in [-0.1, -0.05) is 86.6 Å². The lowest BCUT2D eigenvalue weighted by molar-refractivity contribution is 0.617. The smallest absolute Gasteiger partial charge is 0.227 e. The molecule has 0 bridgehead atoms. The van der Waals surface area contributed by atoms with Crippen molar-refractivity contribution in [2.75, 3.05) is 4.90 Å². The molecule has 0 fully saturated rings. The predicted molar refractivity (Wildman–Crippen MR) is 212 cm³/mol. The lowest BCUT2D eigenvalue weighted by atomic mass is 9.82. The maximum absolute atomic E-state index is 6.59. The second kappa shape index (κ2) is 10.4. The number of thiophene rings is 1. The number of oxazole rings is 1. The lowest BCUT2D eigenvalue weighted by Gasteiger charge is -2.28. The van der Waals surface area contributed by atoms with Gasteiger partial charge in [0.25, 0.3) is 0 Å². The Kier molecular flexibility index (Phi) is 5.85. The summed E-state index contributed by atoms with van der Waals surface area (Å²) in [6, 6.07) is 51.9. The van der Waals surface area contributed by atoms with Crippen molar-refractivity contribution >= 4 is 81.6 Å². The molecule has 242 valence electrons. The highest BCUT2D eigenvalue weighted by atomic mass is 32.1. The van der Waals surface area contributed by atoms with Crippen LogP contribution in [0.4, 0.5) is 17.1 Å². The third-order valence-electron chi connectivity index (χ3n) is 10.7. The van der Waals surface area contributed by atoms with Crippen LogP contribution in [0.5, 0.6) is 0 Å². The molecule has 3 heterocycles. The first-order valence-electron chi connectivity index (χ1n) is 17.3. The van der Waals surface area contributed by atoms with Crippen LogP contribution < -0.4 is 4.90 Å². The number of hydrogen-bond acceptors (Lipinski definition) is 5. The van der Waals surface area contributed by atoms with Crippen molar-refractivity contribution in [2.45, 2.75) is 19.3 Å². The average molecular weight is 675 g/mol. The summed E-state index contributed by atoms with van der Waals surface area (Å²) in [5, 5.41) is 4.57. The number of furan rings is 1. The number of aromatic nitrogens is 1. The molecule has 0 saturated heterocycles. The van der Waals surface area contributed by atoms with Gasteiger partial charge in [0.1, 0.15) is 16.7 Å². The monoisotopic (exact) mass is 674 g/mol. The van der Waals surface area contributed by atoms with E-state index in [9.17, 15) is 0 Å². The molecule has 4 nitrogen and oxygen atoms in total. The van der Waals surface area contributed by atoms with Crippen molar-refractivity contribution in [1.82, 2.24) is 4.98 Å². The molecule has 5 heteroatoms. The molecule has 1 aliphatic carbocycles. The zero-order chi connectivity index (χ0) is 33.8. The third-order valence-corrected chi connectivity index (χ3v) is 11.8. The Balaban J connectivity index is 1.18. The van der Waals surface area contributed by atoms with Gasteiger partial charge in [-0.05, 0) is 89.0 Å². The van der Waals surface area contributed by atoms with Crippen LogP contribution in [-0.2, 0) is 5.41 Å². The molecule has 0 amide bonds. The second-order valence-corrected chi connectivity index (χ2v) is 15.1. The molecular formula is C46H30N2O2S. The summed E-state index contributed by atoms with van der Waals surface area (Å²) in [5.41, 5.74) is 12.5. The summed E-state index contributed by atoms with van der Waals surface area (Å²) in [7, 11) is 0. The molecule has 0 N–H and O–H groups in total. The number of nitrogens with zero attached hydrogens (tertiary/aromatic N) is 2. The van der Waals surface area contributed by atoms with Gasteiger partial charge in [-0.3, -0.25) is 0 Å². The molecule has 7 aromatic carbocycles. The number of rotatable bonds is 4. The van der Waals surface area contributed by atoms with Crippen LogP contribution in [0.1, 0.15) is 25.0 Å². The zero-order valence-electron chi connectivity index (χ0n) is 28.0. The molecule has 0 spiro atoms. The number of fused-ring (bicyclic) bond motifs is 10. The van der Waals surface area contributed by atoms with Gasteiger partial charge in [0.15, 0.2) is 5.58 Å². The van der Waals surface area contributed by atoms with E-state index in [-0.39, 0.29) is 5.41 Å². The Morgan fingerprint density at radius 1 is 0.549 bits per heavy atom. The van der Waals surface area contributed by atoms with Gasteiger partial charge in [0.05, 0.1) is 11.1 Å². The minimum atomic E-state index is -0.0772. The van der Waals surface area contributed by atoms with Gasteiger partial charge in [0.2, 0.25) is 5.89 Å². The molecule has 0 saturated carbocycles. The van der Waals surface area contributed by atoms with Gasteiger partial charge in [-0.2, -0.15) is 0 Å². The summed E-state index contributed by atoms with van der Waals surface area (Å²) in [6.07, 6.45) is 0. The van der Waals surface area contributed by atoms with Crippen LogP contribution in [-0.4, -0.2) is 4.98 Å². The van der Waals surface area contributed by atoms with E-state index in [1.54, 1.807) is 0 Å². The molecule has 51 heavy (non-hydrogen) atoms. The van der Waals surface area contributed by atoms with Crippen LogP contribution in [0.2, 0.25) is 0 Å². The topological polar surface area (TPSA) is 42.4 Å². The molecule has 1 aliphatic rings. The van der Waals surface area contributed by atoms with Gasteiger partial charge in [-0.25, -0.2) is 4.98 Å². The summed E-state index contributed by atoms with van der Waals surface area (Å²) in [4.78, 5) is 7.32. The van der Waals surface area contributed by atoms with Crippen LogP contribution in [0.3, 0.4) is 0 Å². The van der Waals surface area contributed by atoms with Crippen LogP contribution in [0, 0.1) is 0 Å². The minimum Gasteiger partial charge on any atom is -0.456 e. The van der Waals surface area contributed by atoms with Gasteiger partial charge >= 0.3 is 0 Å². The molecule has 11 rings (SSSR count). The first-order chi connectivity index (χ1) is 25.0. The van der Waals surface area contributed by atoms with Gasteiger partial charge in [-0.15, -0.1) is 11.3 Å². The number of anilines is 3. The Bertz CT molecular complexity index is 3020. The fourth-order valence-electron chi connectivity index (χ4n) is 8.25. The standard InChI is InChI=1S/C46H30N2O2S/c1-46(2)35-15-8-6-13-30(35)32-23-28(19-21-36(32)46)48(29-20-22-43-33(24-29)31-14-7-9-18-42(31)51-43)38-16-10-17-39-44(38)34-25-37-41(26-40(34)49-39)50-45(47-37)27-11-4-3-5-12-27/h3-26H,1-2H3. The highest BCUT2D eigenvalue weighted by Gasteiger charge is 2.35. The van der Waals surface area contributed by atoms with E-state index in [2.05, 4.69) is 128 Å². The first-order valence-corrected chi connectivity index (χ1v) is 18.1. The average Bonchev–Trinajstić information content (AvgIpc) is 3.91. The van der Waals surface area contributed by atoms with Crippen molar-refractivity contribution in [3.63, 3.8) is 0 Å². The fraction of sp³-hybridized carbons (Fsp3) is 0.0652. The van der Waals surface area contributed by atoms with E-state index < -0.39 is 0 Å². The Morgan fingerprint density at radius 2 is 1.31 bits per heavy atom. The molecule has 3 aromatic heterocycles. The van der Waals surface area contributed by atoms with E-state index in [0.717, 1.165) is 50.1 Å². The number of benzene rings is 7. The summed E-state index contributed by atoms with van der Waals surface area (Å²) >= 11 is 1.84. The predicted octanol–water partition coefficient (Wildman–Crippen LogP) is 13.5. The molecule has 0 unspecified atom stereocenters. The van der Waals surface area contributed by atoms with E-state index in [1.165, 1.54) is 42.4 Å². The lowest BCUT2D eigenvalue weighted by Crippen LogP contribution is -2.15. The van der Waals surface area contributed by atoms with Crippen LogP contribution >= 0.6 is 11.3 Å². The van der Waals surface area contributed by atoms with Crippen LogP contribution in [0.25, 0.3) is 75.8 Å². The van der Waals surface area contributed by atoms with Gasteiger partial charge < -0.3 is 13.7 Å². The Hall–Kier alpha value is -6.17. The van der Waals surface area contributed by atoms with E-state index in [0.29, 0.717) is 11.5 Å². The Morgan fingerprint density at radius 3 is 2.24 bits per heavy atom. The fourth-order valence-corrected chi connectivity index (χ4v) is 9.33. The second-order valence-electron chi connectivity index (χ2n) is 14.0. The van der Waals surface area contributed by atoms with Crippen molar-refractivity contribution in [2.24, 2.45) is 0 Å². The third kappa shape index (κ3) is 4.16. The Labute approximate surface area is 297 Å². The molecule has 10 aromatic rings. The molecule has 0 aliphatic heterocycles. The van der Waals surface area contributed by atoms with Crippen molar-refractivity contribution in [3.05, 3.63) is 157 Å². The summed E-state index contributed by atoms with van der Waals surface area (Å²) in [6.45, 7) is 4.66. The van der Waals surface area contributed by atoms with Crippen molar-refractivity contribution in [3.8, 4) is 22.6 Å². The SMILES string of the molecule is CC1(C)c2ccccc2-c2cc(N(c3ccc4sc5ccccc5c4c3)c3cccc4oc5cc6oc(-c7ccccc7)nc6cc5c34)ccc21. The normalized spacial score (nSPS) is 13.5. The summed E-state index contributed by atoms with van der Waals surface area (Å²) in [5.74, 6) is 0.599. The summed E-state index contributed by atoms with van der Waals surface area (Å²) < 4.78 is 15.4. The highest BCUT2D eigenvalue weighted by molar-refractivity contribution is 7.25. The maximum Gasteiger partial charge on any atom is 0.227 e. The largest absolute Gasteiger partial charge is 0.456 e. The zero-order valence-corrected chi connectivity index (χ0v) is 28.8. The number of hydrogen-bond donors (Lipinski definition) is 0.